The first-order valence-electron chi connectivity index (χ1n) is 14.1. The highest BCUT2D eigenvalue weighted by atomic mass is 16.5. The Morgan fingerprint density at radius 3 is 2.43 bits per heavy atom. The maximum Gasteiger partial charge on any atom is 0.408 e. The second-order valence-electron chi connectivity index (χ2n) is 10.7. The lowest BCUT2D eigenvalue weighted by atomic mass is 9.95. The van der Waals surface area contributed by atoms with Gasteiger partial charge in [0.25, 0.3) is 0 Å². The highest BCUT2D eigenvalue weighted by Crippen LogP contribution is 2.21. The topological polar surface area (TPSA) is 181 Å². The minimum Gasteiger partial charge on any atom is -0.462 e. The van der Waals surface area contributed by atoms with E-state index < -0.39 is 42.0 Å². The first-order chi connectivity index (χ1) is 20.2. The molecule has 2 fully saturated rings. The SMILES string of the molecule is CC(C)C[C@H](NC(=O)[C@H](CNC=O)NC(=O)OCc1ccccc1)C(=O)N[C@H](/C=C1\CCOC1=O)C[C@@H]1CCNC1=O. The molecule has 2 aliphatic heterocycles. The standard InChI is InChI=1S/C29H39N5O8/c1-18(2)12-23(26(37)32-22(13-20-8-10-31-25(20)36)14-21-9-11-41-28(21)39)33-27(38)24(15-30-17-35)34-29(40)42-16-19-6-4-3-5-7-19/h3-7,14,17-18,20,22-24H,8-13,15-16H2,1-2H3,(H,30,35)(H,31,36)(H,32,37)(H,33,38)(H,34,40)/b21-14+/t20-,22-,23-,24-/m0/s1. The molecule has 13 heteroatoms. The molecule has 2 heterocycles. The third-order valence-electron chi connectivity index (χ3n) is 6.86. The van der Waals surface area contributed by atoms with Crippen molar-refractivity contribution in [3.05, 3.63) is 47.5 Å². The van der Waals surface area contributed by atoms with Crippen LogP contribution in [0, 0.1) is 11.8 Å². The predicted molar refractivity (Wildman–Crippen MR) is 150 cm³/mol. The highest BCUT2D eigenvalue weighted by Gasteiger charge is 2.32. The molecule has 5 N–H and O–H groups in total. The molecule has 0 aliphatic carbocycles. The van der Waals surface area contributed by atoms with Crippen LogP contribution in [0.2, 0.25) is 0 Å². The van der Waals surface area contributed by atoms with E-state index in [1.54, 1.807) is 30.3 Å². The molecule has 42 heavy (non-hydrogen) atoms. The Labute approximate surface area is 244 Å². The smallest absolute Gasteiger partial charge is 0.408 e. The van der Waals surface area contributed by atoms with Crippen molar-refractivity contribution in [1.29, 1.82) is 0 Å². The predicted octanol–water partition coefficient (Wildman–Crippen LogP) is 0.443. The summed E-state index contributed by atoms with van der Waals surface area (Å²) in [6.07, 6.45) is 2.67. The van der Waals surface area contributed by atoms with E-state index in [0.29, 0.717) is 31.4 Å². The number of ether oxygens (including phenoxy) is 2. The number of rotatable bonds is 15. The quantitative estimate of drug-likeness (QED) is 0.112. The van der Waals surface area contributed by atoms with Gasteiger partial charge in [0.1, 0.15) is 18.7 Å². The summed E-state index contributed by atoms with van der Waals surface area (Å²) in [5.41, 5.74) is 1.17. The number of nitrogens with one attached hydrogen (secondary N) is 5. The maximum absolute atomic E-state index is 13.5. The Hall–Kier alpha value is -4.42. The van der Waals surface area contributed by atoms with Gasteiger partial charge in [-0.1, -0.05) is 50.3 Å². The molecule has 4 atom stereocenters. The molecule has 13 nitrogen and oxygen atoms in total. The number of hydrogen-bond donors (Lipinski definition) is 5. The number of cyclic esters (lactones) is 1. The van der Waals surface area contributed by atoms with E-state index >= 15 is 0 Å². The molecular formula is C29H39N5O8. The minimum atomic E-state index is -1.23. The van der Waals surface area contributed by atoms with Crippen molar-refractivity contribution < 1.29 is 38.2 Å². The van der Waals surface area contributed by atoms with Crippen LogP contribution in [0.3, 0.4) is 0 Å². The van der Waals surface area contributed by atoms with Crippen molar-refractivity contribution in [2.45, 2.75) is 64.3 Å². The summed E-state index contributed by atoms with van der Waals surface area (Å²) in [5, 5.41) is 13.1. The lowest BCUT2D eigenvalue weighted by Gasteiger charge is -2.26. The van der Waals surface area contributed by atoms with E-state index in [1.165, 1.54) is 0 Å². The lowest BCUT2D eigenvalue weighted by Crippen LogP contribution is -2.57. The summed E-state index contributed by atoms with van der Waals surface area (Å²) in [7, 11) is 0. The van der Waals surface area contributed by atoms with Crippen molar-refractivity contribution in [1.82, 2.24) is 26.6 Å². The van der Waals surface area contributed by atoms with Gasteiger partial charge in [0.2, 0.25) is 24.1 Å². The molecular weight excluding hydrogens is 546 g/mol. The number of carbonyl (C=O) groups is 6. The van der Waals surface area contributed by atoms with Crippen molar-refractivity contribution in [2.24, 2.45) is 11.8 Å². The molecule has 0 saturated carbocycles. The first kappa shape index (κ1) is 32.1. The maximum atomic E-state index is 13.5. The molecule has 3 rings (SSSR count). The average molecular weight is 586 g/mol. The number of amides is 5. The Balaban J connectivity index is 1.69. The zero-order valence-electron chi connectivity index (χ0n) is 23.9. The molecule has 5 amide bonds. The Kier molecular flexibility index (Phi) is 12.3. The van der Waals surface area contributed by atoms with Gasteiger partial charge in [0.15, 0.2) is 0 Å². The zero-order valence-corrected chi connectivity index (χ0v) is 23.9. The monoisotopic (exact) mass is 585 g/mol. The van der Waals surface area contributed by atoms with Gasteiger partial charge in [-0.3, -0.25) is 19.2 Å². The van der Waals surface area contributed by atoms with Crippen molar-refractivity contribution in [3.8, 4) is 0 Å². The molecule has 0 unspecified atom stereocenters. The zero-order chi connectivity index (χ0) is 30.5. The normalized spacial score (nSPS) is 19.3. The molecule has 1 aromatic carbocycles. The van der Waals surface area contributed by atoms with E-state index in [9.17, 15) is 28.8 Å². The minimum absolute atomic E-state index is 0.00128. The molecule has 2 saturated heterocycles. The van der Waals surface area contributed by atoms with Gasteiger partial charge in [-0.15, -0.1) is 0 Å². The third kappa shape index (κ3) is 10.2. The molecule has 0 radical (unpaired) electrons. The summed E-state index contributed by atoms with van der Waals surface area (Å²) < 4.78 is 10.2. The molecule has 2 aliphatic rings. The van der Waals surface area contributed by atoms with Gasteiger partial charge in [-0.2, -0.15) is 0 Å². The van der Waals surface area contributed by atoms with Crippen LogP contribution in [0.1, 0.15) is 45.1 Å². The van der Waals surface area contributed by atoms with Crippen molar-refractivity contribution in [2.75, 3.05) is 19.7 Å². The summed E-state index contributed by atoms with van der Waals surface area (Å²) >= 11 is 0. The second-order valence-corrected chi connectivity index (χ2v) is 10.7. The van der Waals surface area contributed by atoms with E-state index in [1.807, 2.05) is 19.9 Å². The van der Waals surface area contributed by atoms with Crippen LogP contribution in [-0.4, -0.2) is 74.0 Å². The molecule has 0 bridgehead atoms. The van der Waals surface area contributed by atoms with Gasteiger partial charge in [-0.05, 0) is 30.7 Å². The Bertz CT molecular complexity index is 1160. The second kappa shape index (κ2) is 16.1. The van der Waals surface area contributed by atoms with Crippen LogP contribution in [0.25, 0.3) is 0 Å². The molecule has 0 aromatic heterocycles. The molecule has 0 spiro atoms. The highest BCUT2D eigenvalue weighted by molar-refractivity contribution is 5.92. The van der Waals surface area contributed by atoms with Gasteiger partial charge in [-0.25, -0.2) is 9.59 Å². The van der Waals surface area contributed by atoms with Gasteiger partial charge >= 0.3 is 12.1 Å². The van der Waals surface area contributed by atoms with E-state index in [-0.39, 0.29) is 50.3 Å². The number of carbonyl (C=O) groups excluding carboxylic acids is 6. The van der Waals surface area contributed by atoms with E-state index in [2.05, 4.69) is 26.6 Å². The summed E-state index contributed by atoms with van der Waals surface area (Å²) in [4.78, 5) is 74.4. The van der Waals surface area contributed by atoms with Crippen molar-refractivity contribution >= 4 is 36.2 Å². The molecule has 1 aromatic rings. The largest absolute Gasteiger partial charge is 0.462 e. The van der Waals surface area contributed by atoms with Crippen LogP contribution in [0.5, 0.6) is 0 Å². The van der Waals surface area contributed by atoms with Gasteiger partial charge < -0.3 is 36.1 Å². The summed E-state index contributed by atoms with van der Waals surface area (Å²) in [6.45, 7) is 4.29. The average Bonchev–Trinajstić information content (AvgIpc) is 3.56. The fourth-order valence-electron chi connectivity index (χ4n) is 4.73. The number of alkyl carbamates (subject to hydrolysis) is 1. The van der Waals surface area contributed by atoms with Crippen LogP contribution in [0.4, 0.5) is 4.79 Å². The third-order valence-corrected chi connectivity index (χ3v) is 6.86. The van der Waals surface area contributed by atoms with Crippen LogP contribution in [0.15, 0.2) is 42.0 Å². The number of esters is 1. The van der Waals surface area contributed by atoms with Gasteiger partial charge in [0, 0.05) is 37.0 Å². The summed E-state index contributed by atoms with van der Waals surface area (Å²) in [5.74, 6) is -2.15. The van der Waals surface area contributed by atoms with Crippen molar-refractivity contribution in [3.63, 3.8) is 0 Å². The lowest BCUT2D eigenvalue weighted by molar-refractivity contribution is -0.135. The fourth-order valence-corrected chi connectivity index (χ4v) is 4.73. The Morgan fingerprint density at radius 1 is 1.07 bits per heavy atom. The van der Waals surface area contributed by atoms with E-state index in [0.717, 1.165) is 5.56 Å². The first-order valence-corrected chi connectivity index (χ1v) is 14.1. The number of benzene rings is 1. The van der Waals surface area contributed by atoms with Gasteiger partial charge in [0.05, 0.1) is 6.61 Å². The van der Waals surface area contributed by atoms with Crippen LogP contribution < -0.4 is 26.6 Å². The Morgan fingerprint density at radius 2 is 1.81 bits per heavy atom. The van der Waals surface area contributed by atoms with Crippen LogP contribution in [-0.2, 0) is 40.1 Å². The summed E-state index contributed by atoms with van der Waals surface area (Å²) in [6, 6.07) is 6.08. The number of hydrogen-bond acceptors (Lipinski definition) is 8. The molecule has 228 valence electrons. The van der Waals surface area contributed by atoms with E-state index in [4.69, 9.17) is 9.47 Å². The van der Waals surface area contributed by atoms with Crippen LogP contribution >= 0.6 is 0 Å². The fraction of sp³-hybridized carbons (Fsp3) is 0.517.